The van der Waals surface area contributed by atoms with Crippen LogP contribution >= 0.6 is 0 Å². The molecule has 12 nitrogen and oxygen atoms in total. The SMILES string of the molecule is C=CC(=O)OCCOc1ccc(/C=C/C(=O)O[C@@H]2CO[C@@H]3C(OC(=O)/C=C/c4ccc(C(=C)OCOCOC)cc4)CO[C@@H]32)cc1. The van der Waals surface area contributed by atoms with E-state index < -0.39 is 42.3 Å². The second-order valence-electron chi connectivity index (χ2n) is 9.92. The number of ether oxygens (including phenoxy) is 9. The molecule has 0 radical (unpaired) electrons. The number of hydrogen-bond acceptors (Lipinski definition) is 12. The summed E-state index contributed by atoms with van der Waals surface area (Å²) < 4.78 is 48.3. The number of hydrogen-bond donors (Lipinski definition) is 0. The van der Waals surface area contributed by atoms with Crippen molar-refractivity contribution in [3.05, 3.63) is 96.6 Å². The average molecular weight is 637 g/mol. The van der Waals surface area contributed by atoms with Crippen molar-refractivity contribution in [2.45, 2.75) is 24.4 Å². The van der Waals surface area contributed by atoms with Gasteiger partial charge in [-0.15, -0.1) is 0 Å². The highest BCUT2D eigenvalue weighted by Crippen LogP contribution is 2.31. The maximum atomic E-state index is 12.5. The largest absolute Gasteiger partial charge is 0.490 e. The zero-order valence-corrected chi connectivity index (χ0v) is 25.4. The lowest BCUT2D eigenvalue weighted by Crippen LogP contribution is -2.35. The molecule has 0 amide bonds. The molecule has 4 rings (SSSR count). The van der Waals surface area contributed by atoms with Gasteiger partial charge < -0.3 is 42.6 Å². The third-order valence-corrected chi connectivity index (χ3v) is 6.71. The highest BCUT2D eigenvalue weighted by Gasteiger charge is 2.51. The molecule has 2 aromatic carbocycles. The Morgan fingerprint density at radius 1 is 0.783 bits per heavy atom. The molecule has 2 saturated heterocycles. The normalized spacial score (nSPS) is 20.3. The van der Waals surface area contributed by atoms with Gasteiger partial charge >= 0.3 is 17.9 Å². The van der Waals surface area contributed by atoms with E-state index in [1.165, 1.54) is 19.3 Å². The Bertz CT molecular complexity index is 1400. The number of carbonyl (C=O) groups excluding carboxylic acids is 3. The van der Waals surface area contributed by atoms with Crippen LogP contribution in [0.2, 0.25) is 0 Å². The standard InChI is InChI=1S/C34H36O12/c1-4-30(35)41-18-17-40-27-13-7-25(8-14-27)10-16-32(37)46-29-20-43-33-28(19-42-34(29)33)45-31(36)15-9-24-5-11-26(12-6-24)23(2)44-22-39-21-38-3/h4-16,28-29,33-34H,1-2,17-22H2,3H3/b15-9+,16-10+/t28?,29-,33-,34-/m1/s1. The monoisotopic (exact) mass is 636 g/mol. The molecule has 0 aromatic heterocycles. The lowest BCUT2D eigenvalue weighted by molar-refractivity contribution is -0.149. The van der Waals surface area contributed by atoms with Crippen LogP contribution in [0.25, 0.3) is 17.9 Å². The topological polar surface area (TPSA) is 134 Å². The fourth-order valence-electron chi connectivity index (χ4n) is 4.47. The van der Waals surface area contributed by atoms with Gasteiger partial charge in [0.25, 0.3) is 0 Å². The third-order valence-electron chi connectivity index (χ3n) is 6.71. The summed E-state index contributed by atoms with van der Waals surface area (Å²) in [6.45, 7) is 7.87. The summed E-state index contributed by atoms with van der Waals surface area (Å²) in [7, 11) is 1.52. The lowest BCUT2D eigenvalue weighted by atomic mass is 10.1. The fourth-order valence-corrected chi connectivity index (χ4v) is 4.47. The van der Waals surface area contributed by atoms with E-state index in [9.17, 15) is 14.4 Å². The minimum absolute atomic E-state index is 0.0182. The zero-order valence-electron chi connectivity index (χ0n) is 25.4. The van der Waals surface area contributed by atoms with Crippen molar-refractivity contribution in [3.63, 3.8) is 0 Å². The maximum absolute atomic E-state index is 12.5. The van der Waals surface area contributed by atoms with Gasteiger partial charge in [0.1, 0.15) is 43.7 Å². The first-order valence-corrected chi connectivity index (χ1v) is 14.4. The summed E-state index contributed by atoms with van der Waals surface area (Å²) in [6.07, 6.45) is 4.56. The molecular weight excluding hydrogens is 600 g/mol. The first-order valence-electron chi connectivity index (χ1n) is 14.4. The number of benzene rings is 2. The van der Waals surface area contributed by atoms with Crippen molar-refractivity contribution in [3.8, 4) is 5.75 Å². The smallest absolute Gasteiger partial charge is 0.331 e. The van der Waals surface area contributed by atoms with Crippen LogP contribution in [-0.2, 0) is 52.3 Å². The van der Waals surface area contributed by atoms with Crippen LogP contribution in [0.3, 0.4) is 0 Å². The van der Waals surface area contributed by atoms with Crippen molar-refractivity contribution in [2.75, 3.05) is 47.1 Å². The van der Waals surface area contributed by atoms with Crippen molar-refractivity contribution in [1.29, 1.82) is 0 Å². The summed E-state index contributed by atoms with van der Waals surface area (Å²) in [5.41, 5.74) is 2.29. The molecule has 4 atom stereocenters. The summed E-state index contributed by atoms with van der Waals surface area (Å²) >= 11 is 0. The minimum atomic E-state index is -0.642. The molecule has 2 fully saturated rings. The van der Waals surface area contributed by atoms with Crippen LogP contribution in [0.1, 0.15) is 16.7 Å². The molecule has 0 saturated carbocycles. The molecule has 2 aliphatic rings. The van der Waals surface area contributed by atoms with Gasteiger partial charge in [-0.25, -0.2) is 14.4 Å². The molecule has 1 unspecified atom stereocenters. The predicted molar refractivity (Wildman–Crippen MR) is 165 cm³/mol. The summed E-state index contributed by atoms with van der Waals surface area (Å²) in [5.74, 6) is -0.604. The molecule has 2 heterocycles. The summed E-state index contributed by atoms with van der Waals surface area (Å²) in [4.78, 5) is 36.0. The lowest BCUT2D eigenvalue weighted by Gasteiger charge is -2.16. The average Bonchev–Trinajstić information content (AvgIpc) is 3.66. The Labute approximate surface area is 266 Å². The Morgan fingerprint density at radius 3 is 1.89 bits per heavy atom. The maximum Gasteiger partial charge on any atom is 0.331 e. The highest BCUT2D eigenvalue weighted by molar-refractivity contribution is 5.88. The molecular formula is C34H36O12. The summed E-state index contributed by atoms with van der Waals surface area (Å²) in [5, 5.41) is 0. The fraction of sp³-hybridized carbons (Fsp3) is 0.324. The van der Waals surface area contributed by atoms with Crippen LogP contribution in [0.4, 0.5) is 0 Å². The second kappa shape index (κ2) is 17.7. The Balaban J connectivity index is 1.17. The van der Waals surface area contributed by atoms with E-state index in [1.54, 1.807) is 36.4 Å². The quantitative estimate of drug-likeness (QED) is 0.0626. The number of carbonyl (C=O) groups is 3. The number of fused-ring (bicyclic) bond motifs is 1. The zero-order chi connectivity index (χ0) is 32.7. The van der Waals surface area contributed by atoms with Crippen LogP contribution in [-0.4, -0.2) is 89.4 Å². The van der Waals surface area contributed by atoms with Crippen LogP contribution < -0.4 is 4.74 Å². The minimum Gasteiger partial charge on any atom is -0.490 e. The summed E-state index contributed by atoms with van der Waals surface area (Å²) in [6, 6.07) is 14.2. The van der Waals surface area contributed by atoms with E-state index in [0.717, 1.165) is 22.8 Å². The van der Waals surface area contributed by atoms with Gasteiger partial charge in [-0.3, -0.25) is 0 Å². The van der Waals surface area contributed by atoms with E-state index in [4.69, 9.17) is 42.6 Å². The molecule has 2 aliphatic heterocycles. The van der Waals surface area contributed by atoms with Crippen LogP contribution in [0, 0.1) is 0 Å². The van der Waals surface area contributed by atoms with E-state index in [-0.39, 0.29) is 40.0 Å². The Kier molecular flexibility index (Phi) is 13.1. The van der Waals surface area contributed by atoms with Gasteiger partial charge in [-0.05, 0) is 35.4 Å². The first-order chi connectivity index (χ1) is 22.4. The van der Waals surface area contributed by atoms with Gasteiger partial charge in [0.15, 0.2) is 19.0 Å². The van der Waals surface area contributed by atoms with E-state index in [2.05, 4.69) is 13.2 Å². The highest BCUT2D eigenvalue weighted by atomic mass is 16.7. The number of methoxy groups -OCH3 is 1. The van der Waals surface area contributed by atoms with Gasteiger partial charge in [-0.1, -0.05) is 49.6 Å². The molecule has 244 valence electrons. The van der Waals surface area contributed by atoms with E-state index >= 15 is 0 Å². The van der Waals surface area contributed by atoms with Gasteiger partial charge in [0.2, 0.25) is 0 Å². The van der Waals surface area contributed by atoms with Crippen LogP contribution in [0.15, 0.2) is 79.9 Å². The van der Waals surface area contributed by atoms with Gasteiger partial charge in [-0.2, -0.15) is 0 Å². The molecule has 2 aromatic rings. The van der Waals surface area contributed by atoms with Crippen LogP contribution in [0.5, 0.6) is 5.75 Å². The second-order valence-corrected chi connectivity index (χ2v) is 9.92. The molecule has 12 heteroatoms. The van der Waals surface area contributed by atoms with Gasteiger partial charge in [0, 0.05) is 30.9 Å². The molecule has 0 N–H and O–H groups in total. The van der Waals surface area contributed by atoms with Gasteiger partial charge in [0.05, 0.1) is 13.2 Å². The van der Waals surface area contributed by atoms with Crippen molar-refractivity contribution in [1.82, 2.24) is 0 Å². The number of rotatable bonds is 17. The molecule has 0 spiro atoms. The van der Waals surface area contributed by atoms with Crippen molar-refractivity contribution in [2.24, 2.45) is 0 Å². The van der Waals surface area contributed by atoms with E-state index in [1.807, 2.05) is 24.3 Å². The predicted octanol–water partition coefficient (Wildman–Crippen LogP) is 3.71. The van der Waals surface area contributed by atoms with Crippen molar-refractivity contribution < 1.29 is 57.0 Å². The molecule has 0 aliphatic carbocycles. The number of esters is 3. The molecule has 46 heavy (non-hydrogen) atoms. The van der Waals surface area contributed by atoms with Crippen molar-refractivity contribution >= 4 is 35.8 Å². The Morgan fingerprint density at radius 2 is 1.35 bits per heavy atom. The Hall–Kier alpha value is -4.75. The third kappa shape index (κ3) is 10.4. The molecule has 0 bridgehead atoms. The van der Waals surface area contributed by atoms with E-state index in [0.29, 0.717) is 11.5 Å². The first kappa shape index (κ1) is 34.1.